The van der Waals surface area contributed by atoms with Gasteiger partial charge in [-0.3, -0.25) is 4.79 Å². The second-order valence-corrected chi connectivity index (χ2v) is 17.1. The summed E-state index contributed by atoms with van der Waals surface area (Å²) >= 11 is 0. The Balaban J connectivity index is 0.999. The van der Waals surface area contributed by atoms with E-state index in [1.165, 1.54) is 13.0 Å². The number of carbonyl (C=O) groups is 2. The third-order valence-corrected chi connectivity index (χ3v) is 14.6. The Morgan fingerprint density at radius 2 is 1.73 bits per heavy atom. The quantitative estimate of drug-likeness (QED) is 0.177. The molecule has 5 N–H and O–H groups in total. The number of methoxy groups -OCH3 is 1. The number of fused-ring (bicyclic) bond motifs is 5. The van der Waals surface area contributed by atoms with Gasteiger partial charge in [0.15, 0.2) is 12.6 Å². The van der Waals surface area contributed by atoms with E-state index in [-0.39, 0.29) is 41.9 Å². The average Bonchev–Trinajstić information content (AvgIpc) is 3.61. The van der Waals surface area contributed by atoms with Gasteiger partial charge >= 0.3 is 11.9 Å². The molecule has 0 aromatic heterocycles. The van der Waals surface area contributed by atoms with Gasteiger partial charge in [-0.15, -0.1) is 0 Å². The molecule has 0 amide bonds. The maximum atomic E-state index is 12.8. The van der Waals surface area contributed by atoms with Crippen molar-refractivity contribution in [2.24, 2.45) is 34.5 Å². The number of cyclic esters (lactones) is 1. The summed E-state index contributed by atoms with van der Waals surface area (Å²) in [7, 11) is 1.57. The summed E-state index contributed by atoms with van der Waals surface area (Å²) in [6.07, 6.45) is -1.29. The molecule has 294 valence electrons. The predicted molar refractivity (Wildman–Crippen MR) is 180 cm³/mol. The van der Waals surface area contributed by atoms with Crippen LogP contribution in [0.2, 0.25) is 0 Å². The van der Waals surface area contributed by atoms with Gasteiger partial charge in [-0.2, -0.15) is 0 Å². The number of esters is 2. The van der Waals surface area contributed by atoms with E-state index in [9.17, 15) is 35.1 Å². The first kappa shape index (κ1) is 38.6. The minimum Gasteiger partial charge on any atom is -0.462 e. The number of hydrogen-bond donors (Lipinski definition) is 5. The summed E-state index contributed by atoms with van der Waals surface area (Å²) in [5, 5.41) is 53.3. The average molecular weight is 739 g/mol. The largest absolute Gasteiger partial charge is 0.462 e. The molecular weight excluding hydrogens is 680 g/mol. The first-order chi connectivity index (χ1) is 24.6. The number of aliphatic hydroxyl groups excluding tert-OH is 4. The van der Waals surface area contributed by atoms with Crippen LogP contribution in [0.4, 0.5) is 0 Å². The van der Waals surface area contributed by atoms with Crippen molar-refractivity contribution in [3.8, 4) is 0 Å². The van der Waals surface area contributed by atoms with Crippen LogP contribution in [0.15, 0.2) is 11.6 Å². The summed E-state index contributed by atoms with van der Waals surface area (Å²) in [5.41, 5.74) is -0.799. The van der Waals surface area contributed by atoms with E-state index in [0.29, 0.717) is 24.7 Å². The second kappa shape index (κ2) is 14.4. The Kier molecular flexibility index (Phi) is 10.7. The van der Waals surface area contributed by atoms with Gasteiger partial charge in [0.25, 0.3) is 0 Å². The number of rotatable bonds is 8. The summed E-state index contributed by atoms with van der Waals surface area (Å²) in [4.78, 5) is 24.4. The van der Waals surface area contributed by atoms with Crippen LogP contribution in [0.1, 0.15) is 85.5 Å². The third kappa shape index (κ3) is 6.36. The lowest BCUT2D eigenvalue weighted by Gasteiger charge is -2.63. The van der Waals surface area contributed by atoms with Crippen molar-refractivity contribution in [2.45, 2.75) is 159 Å². The van der Waals surface area contributed by atoms with E-state index < -0.39 is 79.0 Å². The molecule has 18 atom stereocenters. The van der Waals surface area contributed by atoms with Crippen LogP contribution in [0, 0.1) is 34.5 Å². The maximum absolute atomic E-state index is 12.8. The fraction of sp³-hybridized carbons (Fsp3) is 0.895. The Bertz CT molecular complexity index is 1370. The second-order valence-electron chi connectivity index (χ2n) is 17.1. The molecule has 6 fully saturated rings. The van der Waals surface area contributed by atoms with Crippen molar-refractivity contribution in [1.29, 1.82) is 0 Å². The van der Waals surface area contributed by atoms with Gasteiger partial charge in [0.2, 0.25) is 0 Å². The first-order valence-electron chi connectivity index (χ1n) is 19.2. The van der Waals surface area contributed by atoms with Crippen molar-refractivity contribution in [1.82, 2.24) is 0 Å². The SMILES string of the molecule is COC1CC(OC2CCC3(C)C(CCC4C3CCC3(C)C(C5=CC(=O)OC5)C(OC(C)=O)CC43O)C2)OC(C)C1OC1OC(CO)C(O)C(O)C1O. The summed E-state index contributed by atoms with van der Waals surface area (Å²) in [6.45, 7) is 7.35. The minimum atomic E-state index is -1.55. The molecule has 14 heteroatoms. The van der Waals surface area contributed by atoms with E-state index in [1.54, 1.807) is 7.11 Å². The number of carbonyl (C=O) groups excluding carboxylic acids is 2. The fourth-order valence-corrected chi connectivity index (χ4v) is 11.9. The van der Waals surface area contributed by atoms with Crippen LogP contribution in [0.25, 0.3) is 0 Å². The Morgan fingerprint density at radius 1 is 0.962 bits per heavy atom. The number of hydrogen-bond acceptors (Lipinski definition) is 14. The molecule has 0 aromatic carbocycles. The molecule has 2 saturated heterocycles. The highest BCUT2D eigenvalue weighted by Gasteiger charge is 2.71. The molecule has 14 nitrogen and oxygen atoms in total. The monoisotopic (exact) mass is 738 g/mol. The van der Waals surface area contributed by atoms with Gasteiger partial charge in [0.1, 0.15) is 43.2 Å². The van der Waals surface area contributed by atoms with Gasteiger partial charge in [0, 0.05) is 44.3 Å². The zero-order valence-corrected chi connectivity index (χ0v) is 30.9. The first-order valence-corrected chi connectivity index (χ1v) is 19.2. The van der Waals surface area contributed by atoms with Crippen molar-refractivity contribution >= 4 is 11.9 Å². The van der Waals surface area contributed by atoms with Crippen LogP contribution in [0.3, 0.4) is 0 Å². The highest BCUT2D eigenvalue weighted by molar-refractivity contribution is 5.85. The Morgan fingerprint density at radius 3 is 2.40 bits per heavy atom. The molecule has 0 radical (unpaired) electrons. The maximum Gasteiger partial charge on any atom is 0.331 e. The molecule has 52 heavy (non-hydrogen) atoms. The van der Waals surface area contributed by atoms with E-state index in [1.807, 2.05) is 6.92 Å². The normalized spacial score (nSPS) is 51.8. The van der Waals surface area contributed by atoms with Gasteiger partial charge < -0.3 is 58.7 Å². The van der Waals surface area contributed by atoms with Crippen LogP contribution < -0.4 is 0 Å². The molecule has 7 aliphatic rings. The zero-order valence-electron chi connectivity index (χ0n) is 30.9. The summed E-state index contributed by atoms with van der Waals surface area (Å²) in [5.74, 6) is -0.323. The molecule has 4 aliphatic carbocycles. The Labute approximate surface area is 305 Å². The predicted octanol–water partition coefficient (Wildman–Crippen LogP) is 1.51. The van der Waals surface area contributed by atoms with Gasteiger partial charge in [-0.05, 0) is 80.6 Å². The van der Waals surface area contributed by atoms with Crippen molar-refractivity contribution in [2.75, 3.05) is 20.3 Å². The van der Waals surface area contributed by atoms with Crippen molar-refractivity contribution < 1.29 is 68.3 Å². The molecular formula is C38H58O14. The number of aliphatic hydroxyl groups is 5. The number of ether oxygens (including phenoxy) is 7. The lowest BCUT2D eigenvalue weighted by Crippen LogP contribution is -2.62. The van der Waals surface area contributed by atoms with E-state index >= 15 is 0 Å². The highest BCUT2D eigenvalue weighted by atomic mass is 16.7. The van der Waals surface area contributed by atoms with Crippen LogP contribution >= 0.6 is 0 Å². The molecule has 0 bridgehead atoms. The molecule has 3 aliphatic heterocycles. The van der Waals surface area contributed by atoms with E-state index in [2.05, 4.69) is 13.8 Å². The van der Waals surface area contributed by atoms with Crippen LogP contribution in [-0.4, -0.2) is 131 Å². The van der Waals surface area contributed by atoms with Crippen LogP contribution in [-0.2, 0) is 42.7 Å². The molecule has 3 heterocycles. The topological polar surface area (TPSA) is 200 Å². The highest BCUT2D eigenvalue weighted by Crippen LogP contribution is 2.70. The minimum absolute atomic E-state index is 0.000668. The fourth-order valence-electron chi connectivity index (χ4n) is 11.9. The molecule has 7 rings (SSSR count). The zero-order chi connectivity index (χ0) is 37.3. The lowest BCUT2D eigenvalue weighted by molar-refractivity contribution is -0.345. The van der Waals surface area contributed by atoms with Crippen molar-refractivity contribution in [3.05, 3.63) is 11.6 Å². The Hall–Kier alpha value is -1.72. The molecule has 0 aromatic rings. The standard InChI is InChI=1S/C38H58O14/c1-18-34(52-35-33(44)32(43)31(42)27(16-39)51-35)25(46-5)14-29(48-18)50-22-8-10-36(3)21(13-22)6-7-24-23(36)9-11-37(4)30(20-12-28(41)47-17-20)26(49-19(2)40)15-38(24,37)45/h12,18,21-27,29-35,39,42-45H,6-11,13-17H2,1-5H3. The molecule has 4 saturated carbocycles. The molecule has 18 unspecified atom stereocenters. The van der Waals surface area contributed by atoms with Gasteiger partial charge in [-0.1, -0.05) is 13.8 Å². The van der Waals surface area contributed by atoms with E-state index in [0.717, 1.165) is 50.5 Å². The van der Waals surface area contributed by atoms with Crippen molar-refractivity contribution in [3.63, 3.8) is 0 Å². The van der Waals surface area contributed by atoms with Gasteiger partial charge in [-0.25, -0.2) is 4.79 Å². The van der Waals surface area contributed by atoms with Crippen LogP contribution in [0.5, 0.6) is 0 Å². The lowest BCUT2D eigenvalue weighted by atomic mass is 9.43. The third-order valence-electron chi connectivity index (χ3n) is 14.6. The summed E-state index contributed by atoms with van der Waals surface area (Å²) in [6, 6.07) is 0. The van der Waals surface area contributed by atoms with E-state index in [4.69, 9.17) is 33.2 Å². The van der Waals surface area contributed by atoms with Gasteiger partial charge in [0.05, 0.1) is 30.5 Å². The smallest absolute Gasteiger partial charge is 0.331 e. The molecule has 0 spiro atoms. The summed E-state index contributed by atoms with van der Waals surface area (Å²) < 4.78 is 41.6.